The fourth-order valence-electron chi connectivity index (χ4n) is 3.94. The molecule has 0 saturated carbocycles. The Labute approximate surface area is 182 Å². The van der Waals surface area contributed by atoms with Gasteiger partial charge < -0.3 is 9.84 Å². The monoisotopic (exact) mass is 427 g/mol. The number of ether oxygens (including phenoxy) is 1. The minimum atomic E-state index is -1.24. The number of anilines is 1. The lowest BCUT2D eigenvalue weighted by Crippen LogP contribution is -2.21. The van der Waals surface area contributed by atoms with Crippen LogP contribution in [0.25, 0.3) is 16.9 Å². The van der Waals surface area contributed by atoms with Crippen molar-refractivity contribution in [2.24, 2.45) is 0 Å². The molecule has 0 saturated heterocycles. The average Bonchev–Trinajstić information content (AvgIpc) is 3.38. The molecule has 2 aromatic carbocycles. The van der Waals surface area contributed by atoms with E-state index in [1.165, 1.54) is 17.2 Å². The number of amides is 1. The molecule has 1 aliphatic rings. The second-order valence-electron chi connectivity index (χ2n) is 7.14. The molecule has 0 bridgehead atoms. The first-order valence-corrected chi connectivity index (χ1v) is 9.83. The van der Waals surface area contributed by atoms with E-state index in [9.17, 15) is 14.7 Å². The summed E-state index contributed by atoms with van der Waals surface area (Å²) in [7, 11) is 0. The standard InChI is InChI=1S/C23H17N5O4/c29-22(30)18-11-26-28(20-9-10-24-13-25-20)21(18)27-23(31)32-12-19-16-7-3-1-5-14(16)15-6-2-4-8-17(15)19/h1-11,13,19H,12H2,(H,27,31)(H,29,30). The Hall–Kier alpha value is -4.53. The Morgan fingerprint density at radius 1 is 1.03 bits per heavy atom. The van der Waals surface area contributed by atoms with Crippen LogP contribution in [0.3, 0.4) is 0 Å². The molecule has 9 heteroatoms. The van der Waals surface area contributed by atoms with Crippen molar-refractivity contribution in [3.8, 4) is 16.9 Å². The number of carbonyl (C=O) groups is 2. The predicted molar refractivity (Wildman–Crippen MR) is 115 cm³/mol. The molecule has 1 amide bonds. The van der Waals surface area contributed by atoms with Crippen molar-refractivity contribution in [3.63, 3.8) is 0 Å². The second-order valence-corrected chi connectivity index (χ2v) is 7.14. The molecule has 158 valence electrons. The third-order valence-corrected chi connectivity index (χ3v) is 5.35. The van der Waals surface area contributed by atoms with Crippen LogP contribution in [0.15, 0.2) is 73.3 Å². The maximum Gasteiger partial charge on any atom is 0.412 e. The van der Waals surface area contributed by atoms with E-state index in [0.717, 1.165) is 28.5 Å². The Balaban J connectivity index is 1.38. The summed E-state index contributed by atoms with van der Waals surface area (Å²) in [5.74, 6) is -1.09. The van der Waals surface area contributed by atoms with Gasteiger partial charge in [-0.1, -0.05) is 48.5 Å². The van der Waals surface area contributed by atoms with Crippen LogP contribution in [0.5, 0.6) is 0 Å². The van der Waals surface area contributed by atoms with Gasteiger partial charge in [0.15, 0.2) is 11.6 Å². The van der Waals surface area contributed by atoms with Crippen LogP contribution in [-0.4, -0.2) is 43.5 Å². The first kappa shape index (κ1) is 19.4. The van der Waals surface area contributed by atoms with Crippen LogP contribution in [0.2, 0.25) is 0 Å². The topological polar surface area (TPSA) is 119 Å². The number of nitrogens with zero attached hydrogens (tertiary/aromatic N) is 4. The lowest BCUT2D eigenvalue weighted by molar-refractivity contribution is 0.0698. The number of carbonyl (C=O) groups excluding carboxylic acids is 1. The Bertz CT molecular complexity index is 1270. The predicted octanol–water partition coefficient (Wildman–Crippen LogP) is 3.72. The Morgan fingerprint density at radius 3 is 2.34 bits per heavy atom. The minimum Gasteiger partial charge on any atom is -0.477 e. The van der Waals surface area contributed by atoms with Crippen LogP contribution in [0.4, 0.5) is 10.6 Å². The number of aromatic carboxylic acids is 1. The highest BCUT2D eigenvalue weighted by molar-refractivity contribution is 5.97. The summed E-state index contributed by atoms with van der Waals surface area (Å²) in [6.45, 7) is 0.101. The molecule has 2 heterocycles. The van der Waals surface area contributed by atoms with E-state index >= 15 is 0 Å². The van der Waals surface area contributed by atoms with E-state index in [2.05, 4.69) is 20.4 Å². The molecule has 1 aliphatic carbocycles. The number of benzene rings is 2. The highest BCUT2D eigenvalue weighted by atomic mass is 16.5. The number of carboxylic acid groups (broad SMARTS) is 1. The Kier molecular flexibility index (Phi) is 4.83. The molecule has 0 fully saturated rings. The molecular weight excluding hydrogens is 410 g/mol. The van der Waals surface area contributed by atoms with Crippen molar-refractivity contribution >= 4 is 17.9 Å². The van der Waals surface area contributed by atoms with Gasteiger partial charge in [0.05, 0.1) is 6.20 Å². The first-order chi connectivity index (χ1) is 15.6. The highest BCUT2D eigenvalue weighted by Crippen LogP contribution is 2.44. The zero-order valence-corrected chi connectivity index (χ0v) is 16.7. The van der Waals surface area contributed by atoms with Crippen molar-refractivity contribution in [3.05, 3.63) is 90.0 Å². The van der Waals surface area contributed by atoms with Gasteiger partial charge in [0.2, 0.25) is 0 Å². The number of fused-ring (bicyclic) bond motifs is 3. The quantitative estimate of drug-likeness (QED) is 0.498. The summed E-state index contributed by atoms with van der Waals surface area (Å²) in [6.07, 6.45) is 3.14. The van der Waals surface area contributed by atoms with Gasteiger partial charge in [-0.3, -0.25) is 5.32 Å². The van der Waals surface area contributed by atoms with Crippen LogP contribution in [0, 0.1) is 0 Å². The van der Waals surface area contributed by atoms with Gasteiger partial charge in [-0.15, -0.1) is 0 Å². The van der Waals surface area contributed by atoms with Gasteiger partial charge >= 0.3 is 12.1 Å². The van der Waals surface area contributed by atoms with E-state index in [0.29, 0.717) is 5.82 Å². The molecule has 0 aliphatic heterocycles. The van der Waals surface area contributed by atoms with Gasteiger partial charge in [0.1, 0.15) is 18.5 Å². The number of hydrogen-bond acceptors (Lipinski definition) is 6. The molecule has 4 aromatic rings. The SMILES string of the molecule is O=C(Nc1c(C(=O)O)cnn1-c1ccncn1)OCC1c2ccccc2-c2ccccc21. The van der Waals surface area contributed by atoms with Crippen LogP contribution in [0.1, 0.15) is 27.4 Å². The van der Waals surface area contributed by atoms with E-state index < -0.39 is 12.1 Å². The maximum absolute atomic E-state index is 12.6. The zero-order valence-electron chi connectivity index (χ0n) is 16.7. The van der Waals surface area contributed by atoms with E-state index in [1.807, 2.05) is 48.5 Å². The van der Waals surface area contributed by atoms with Crippen molar-refractivity contribution in [1.29, 1.82) is 0 Å². The van der Waals surface area contributed by atoms with Crippen molar-refractivity contribution in [1.82, 2.24) is 19.7 Å². The fourth-order valence-corrected chi connectivity index (χ4v) is 3.94. The lowest BCUT2D eigenvalue weighted by atomic mass is 9.98. The molecule has 32 heavy (non-hydrogen) atoms. The summed E-state index contributed by atoms with van der Waals surface area (Å²) in [5.41, 5.74) is 4.22. The third kappa shape index (κ3) is 3.35. The average molecular weight is 427 g/mol. The lowest BCUT2D eigenvalue weighted by Gasteiger charge is -2.15. The molecule has 9 nitrogen and oxygen atoms in total. The fraction of sp³-hybridized carbons (Fsp3) is 0.0870. The normalized spacial score (nSPS) is 12.1. The van der Waals surface area contributed by atoms with Crippen LogP contribution >= 0.6 is 0 Å². The van der Waals surface area contributed by atoms with Crippen molar-refractivity contribution in [2.75, 3.05) is 11.9 Å². The largest absolute Gasteiger partial charge is 0.477 e. The van der Waals surface area contributed by atoms with Gasteiger partial charge in [-0.2, -0.15) is 9.78 Å². The molecule has 0 radical (unpaired) electrons. The number of hydrogen-bond donors (Lipinski definition) is 2. The molecule has 2 N–H and O–H groups in total. The summed E-state index contributed by atoms with van der Waals surface area (Å²) in [4.78, 5) is 32.1. The van der Waals surface area contributed by atoms with Gasteiger partial charge in [0.25, 0.3) is 0 Å². The molecule has 0 spiro atoms. The third-order valence-electron chi connectivity index (χ3n) is 5.35. The van der Waals surface area contributed by atoms with Crippen molar-refractivity contribution in [2.45, 2.75) is 5.92 Å². The maximum atomic E-state index is 12.6. The molecule has 0 unspecified atom stereocenters. The van der Waals surface area contributed by atoms with Gasteiger partial charge in [0, 0.05) is 18.2 Å². The zero-order chi connectivity index (χ0) is 22.1. The number of carboxylic acids is 1. The van der Waals surface area contributed by atoms with E-state index in [-0.39, 0.29) is 23.9 Å². The van der Waals surface area contributed by atoms with Crippen molar-refractivity contribution < 1.29 is 19.4 Å². The summed E-state index contributed by atoms with van der Waals surface area (Å²) in [6, 6.07) is 17.6. The number of aromatic nitrogens is 4. The van der Waals surface area contributed by atoms with E-state index in [1.54, 1.807) is 6.07 Å². The smallest absolute Gasteiger partial charge is 0.412 e. The van der Waals surface area contributed by atoms with Gasteiger partial charge in [-0.05, 0) is 22.3 Å². The second kappa shape index (κ2) is 7.95. The molecule has 2 aromatic heterocycles. The molecular formula is C23H17N5O4. The summed E-state index contributed by atoms with van der Waals surface area (Å²) < 4.78 is 6.74. The van der Waals surface area contributed by atoms with Gasteiger partial charge in [-0.25, -0.2) is 19.6 Å². The minimum absolute atomic E-state index is 0.0478. The Morgan fingerprint density at radius 2 is 1.72 bits per heavy atom. The van der Waals surface area contributed by atoms with E-state index in [4.69, 9.17) is 4.74 Å². The number of nitrogens with one attached hydrogen (secondary N) is 1. The highest BCUT2D eigenvalue weighted by Gasteiger charge is 2.29. The molecule has 0 atom stereocenters. The summed E-state index contributed by atoms with van der Waals surface area (Å²) in [5, 5.41) is 16.0. The van der Waals surface area contributed by atoms with Crippen LogP contribution < -0.4 is 5.32 Å². The summed E-state index contributed by atoms with van der Waals surface area (Å²) >= 11 is 0. The van der Waals surface area contributed by atoms with Crippen LogP contribution in [-0.2, 0) is 4.74 Å². The number of rotatable bonds is 5. The molecule has 5 rings (SSSR count). The first-order valence-electron chi connectivity index (χ1n) is 9.83.